The van der Waals surface area contributed by atoms with Crippen LogP contribution in [0.4, 0.5) is 0 Å². The largest absolute Gasteiger partial charge is 0.157 e. The molecule has 15 heavy (non-hydrogen) atoms. The van der Waals surface area contributed by atoms with Crippen LogP contribution in [0.25, 0.3) is 0 Å². The summed E-state index contributed by atoms with van der Waals surface area (Å²) in [6, 6.07) is 0. The third kappa shape index (κ3) is 1.82. The van der Waals surface area contributed by atoms with Crippen molar-refractivity contribution < 1.29 is 0 Å². The Labute approximate surface area is 97.5 Å². The molecule has 1 heteroatoms. The van der Waals surface area contributed by atoms with E-state index in [4.69, 9.17) is 0 Å². The zero-order valence-electron chi connectivity index (χ0n) is 9.97. The van der Waals surface area contributed by atoms with Gasteiger partial charge in [-0.25, -0.2) is 0 Å². The first-order valence-electron chi connectivity index (χ1n) is 5.73. The Balaban J connectivity index is 2.34. The Morgan fingerprint density at radius 2 is 2.20 bits per heavy atom. The molecule has 2 atom stereocenters. The maximum atomic E-state index is 4.30. The minimum absolute atomic E-state index is 0.198. The lowest BCUT2D eigenvalue weighted by molar-refractivity contribution is 0.475. The minimum Gasteiger partial charge on any atom is -0.157 e. The van der Waals surface area contributed by atoms with Gasteiger partial charge in [0, 0.05) is 10.7 Å². The molecule has 2 aliphatic rings. The fourth-order valence-electron chi connectivity index (χ4n) is 2.79. The average molecular weight is 220 g/mol. The summed E-state index contributed by atoms with van der Waals surface area (Å²) in [7, 11) is 0. The number of hydrogen-bond donors (Lipinski definition) is 0. The predicted octanol–water partition coefficient (Wildman–Crippen LogP) is 4.35. The van der Waals surface area contributed by atoms with Crippen molar-refractivity contribution in [2.24, 2.45) is 5.41 Å². The molecule has 0 aromatic heterocycles. The number of thioether (sulfide) groups is 1. The molecular weight excluding hydrogens is 200 g/mol. The van der Waals surface area contributed by atoms with Gasteiger partial charge in [0.05, 0.1) is 0 Å². The lowest BCUT2D eigenvalue weighted by Crippen LogP contribution is -2.30. The van der Waals surface area contributed by atoms with Crippen LogP contribution < -0.4 is 0 Å². The van der Waals surface area contributed by atoms with Crippen LogP contribution in [0.15, 0.2) is 35.5 Å². The van der Waals surface area contributed by atoms with E-state index in [1.807, 2.05) is 0 Å². The summed E-state index contributed by atoms with van der Waals surface area (Å²) < 4.78 is 0. The quantitative estimate of drug-likeness (QED) is 0.633. The summed E-state index contributed by atoms with van der Waals surface area (Å²) in [4.78, 5) is 0. The van der Waals surface area contributed by atoms with Crippen LogP contribution in [0, 0.1) is 5.41 Å². The van der Waals surface area contributed by atoms with Crippen molar-refractivity contribution in [1.82, 2.24) is 0 Å². The SMILES string of the molecule is C=C1C(C)=CC(C)=C[C@]1(C)[C@@H]1CCCS1. The maximum Gasteiger partial charge on any atom is 0.0225 e. The van der Waals surface area contributed by atoms with E-state index in [0.717, 1.165) is 5.25 Å². The summed E-state index contributed by atoms with van der Waals surface area (Å²) in [5.74, 6) is 1.32. The van der Waals surface area contributed by atoms with Gasteiger partial charge in [-0.2, -0.15) is 11.8 Å². The summed E-state index contributed by atoms with van der Waals surface area (Å²) in [5, 5.41) is 0.739. The molecule has 0 spiro atoms. The molecule has 0 nitrogen and oxygen atoms in total. The molecule has 1 aliphatic carbocycles. The van der Waals surface area contributed by atoms with E-state index in [0.29, 0.717) is 0 Å². The minimum atomic E-state index is 0.198. The molecule has 2 rings (SSSR count). The molecule has 1 saturated heterocycles. The Bertz CT molecular complexity index is 342. The molecule has 1 aliphatic heterocycles. The second kappa shape index (κ2) is 3.86. The van der Waals surface area contributed by atoms with Gasteiger partial charge in [0.25, 0.3) is 0 Å². The van der Waals surface area contributed by atoms with Gasteiger partial charge in [-0.15, -0.1) is 0 Å². The molecule has 1 fully saturated rings. The maximum absolute atomic E-state index is 4.30. The third-order valence-corrected chi connectivity index (χ3v) is 5.35. The lowest BCUT2D eigenvalue weighted by Gasteiger charge is -2.37. The van der Waals surface area contributed by atoms with Gasteiger partial charge in [-0.1, -0.05) is 31.2 Å². The molecular formula is C14H20S. The first-order chi connectivity index (χ1) is 7.04. The molecule has 0 saturated carbocycles. The Morgan fingerprint density at radius 3 is 2.80 bits per heavy atom. The van der Waals surface area contributed by atoms with Crippen LogP contribution in [0.3, 0.4) is 0 Å². The second-order valence-electron chi connectivity index (χ2n) is 4.98. The predicted molar refractivity (Wildman–Crippen MR) is 70.2 cm³/mol. The first kappa shape index (κ1) is 11.1. The zero-order chi connectivity index (χ0) is 11.1. The van der Waals surface area contributed by atoms with Gasteiger partial charge in [0.2, 0.25) is 0 Å². The van der Waals surface area contributed by atoms with Crippen LogP contribution in [-0.4, -0.2) is 11.0 Å². The Morgan fingerprint density at radius 1 is 1.47 bits per heavy atom. The normalized spacial score (nSPS) is 36.5. The van der Waals surface area contributed by atoms with E-state index in [9.17, 15) is 0 Å². The van der Waals surface area contributed by atoms with Crippen molar-refractivity contribution in [3.63, 3.8) is 0 Å². The van der Waals surface area contributed by atoms with Crippen LogP contribution in [0.2, 0.25) is 0 Å². The third-order valence-electron chi connectivity index (χ3n) is 3.70. The Hall–Kier alpha value is -0.430. The average Bonchev–Trinajstić information content (AvgIpc) is 2.67. The van der Waals surface area contributed by atoms with E-state index in [1.54, 1.807) is 0 Å². The number of rotatable bonds is 1. The molecule has 82 valence electrons. The highest BCUT2D eigenvalue weighted by Crippen LogP contribution is 2.49. The number of allylic oxidation sites excluding steroid dienone is 5. The molecule has 0 unspecified atom stereocenters. The van der Waals surface area contributed by atoms with Crippen LogP contribution in [-0.2, 0) is 0 Å². The zero-order valence-corrected chi connectivity index (χ0v) is 10.8. The van der Waals surface area contributed by atoms with Gasteiger partial charge in [-0.3, -0.25) is 0 Å². The molecule has 0 bridgehead atoms. The fourth-order valence-corrected chi connectivity index (χ4v) is 4.30. The summed E-state index contributed by atoms with van der Waals surface area (Å²) >= 11 is 2.12. The first-order valence-corrected chi connectivity index (χ1v) is 6.78. The van der Waals surface area contributed by atoms with Crippen molar-refractivity contribution in [3.05, 3.63) is 35.5 Å². The van der Waals surface area contributed by atoms with Crippen LogP contribution >= 0.6 is 11.8 Å². The summed E-state index contributed by atoms with van der Waals surface area (Å²) in [5.41, 5.74) is 4.29. The van der Waals surface area contributed by atoms with Gasteiger partial charge in [0.15, 0.2) is 0 Å². The summed E-state index contributed by atoms with van der Waals surface area (Å²) in [6.45, 7) is 11.1. The molecule has 1 heterocycles. The highest BCUT2D eigenvalue weighted by atomic mass is 32.2. The topological polar surface area (TPSA) is 0 Å². The van der Waals surface area contributed by atoms with Crippen LogP contribution in [0.5, 0.6) is 0 Å². The van der Waals surface area contributed by atoms with Gasteiger partial charge in [0.1, 0.15) is 0 Å². The van der Waals surface area contributed by atoms with Crippen molar-refractivity contribution in [1.29, 1.82) is 0 Å². The molecule has 0 N–H and O–H groups in total. The second-order valence-corrected chi connectivity index (χ2v) is 6.29. The van der Waals surface area contributed by atoms with Gasteiger partial charge < -0.3 is 0 Å². The van der Waals surface area contributed by atoms with E-state index >= 15 is 0 Å². The van der Waals surface area contributed by atoms with Crippen molar-refractivity contribution in [2.45, 2.75) is 38.9 Å². The van der Waals surface area contributed by atoms with E-state index in [1.165, 1.54) is 35.3 Å². The van der Waals surface area contributed by atoms with Crippen molar-refractivity contribution >= 4 is 11.8 Å². The standard InChI is InChI=1S/C14H20S/c1-10-8-11(2)12(3)14(4,9-10)13-6-5-7-15-13/h8-9,13H,3,5-7H2,1-2,4H3/t13-,14-/m0/s1. The van der Waals surface area contributed by atoms with Crippen molar-refractivity contribution in [3.8, 4) is 0 Å². The highest BCUT2D eigenvalue weighted by molar-refractivity contribution is 8.00. The molecule has 0 aromatic rings. The van der Waals surface area contributed by atoms with Crippen molar-refractivity contribution in [2.75, 3.05) is 5.75 Å². The lowest BCUT2D eigenvalue weighted by atomic mass is 9.71. The highest BCUT2D eigenvalue weighted by Gasteiger charge is 2.38. The fraction of sp³-hybridized carbons (Fsp3) is 0.571. The Kier molecular flexibility index (Phi) is 2.85. The van der Waals surface area contributed by atoms with Gasteiger partial charge in [-0.05, 0) is 43.6 Å². The van der Waals surface area contributed by atoms with E-state index < -0.39 is 0 Å². The smallest absolute Gasteiger partial charge is 0.0225 e. The molecule has 0 aromatic carbocycles. The van der Waals surface area contributed by atoms with E-state index in [-0.39, 0.29) is 5.41 Å². The van der Waals surface area contributed by atoms with Gasteiger partial charge >= 0.3 is 0 Å². The summed E-state index contributed by atoms with van der Waals surface area (Å²) in [6.07, 6.45) is 7.39. The monoisotopic (exact) mass is 220 g/mol. The van der Waals surface area contributed by atoms with Crippen LogP contribution in [0.1, 0.15) is 33.6 Å². The molecule has 0 radical (unpaired) electrons. The number of hydrogen-bond acceptors (Lipinski definition) is 1. The molecule has 0 amide bonds. The van der Waals surface area contributed by atoms with E-state index in [2.05, 4.69) is 51.3 Å².